The summed E-state index contributed by atoms with van der Waals surface area (Å²) in [6, 6.07) is 6.50. The van der Waals surface area contributed by atoms with Crippen molar-refractivity contribution in [2.75, 3.05) is 5.32 Å². The monoisotopic (exact) mass is 345 g/mol. The second-order valence-corrected chi connectivity index (χ2v) is 5.85. The van der Waals surface area contributed by atoms with Gasteiger partial charge in [-0.15, -0.1) is 5.10 Å². The van der Waals surface area contributed by atoms with Crippen LogP contribution in [-0.4, -0.2) is 25.1 Å². The largest absolute Gasteiger partial charge is 0.289 e. The van der Waals surface area contributed by atoms with E-state index in [1.54, 1.807) is 42.0 Å². The van der Waals surface area contributed by atoms with Gasteiger partial charge in [0.25, 0.3) is 17.4 Å². The van der Waals surface area contributed by atoms with Crippen LogP contribution in [-0.2, 0) is 6.54 Å². The predicted molar refractivity (Wildman–Crippen MR) is 91.7 cm³/mol. The maximum atomic E-state index is 12.2. The Morgan fingerprint density at radius 1 is 1.29 bits per heavy atom. The highest BCUT2D eigenvalue weighted by Crippen LogP contribution is 2.12. The first-order valence-electron chi connectivity index (χ1n) is 7.53. The molecular formula is C16H16ClN5O2. The maximum absolute atomic E-state index is 12.2. The Hall–Kier alpha value is -2.67. The lowest BCUT2D eigenvalue weighted by atomic mass is 10.2. The van der Waals surface area contributed by atoms with Crippen LogP contribution in [0.1, 0.15) is 29.3 Å². The van der Waals surface area contributed by atoms with Crippen molar-refractivity contribution in [3.05, 3.63) is 57.0 Å². The van der Waals surface area contributed by atoms with Gasteiger partial charge in [-0.2, -0.15) is 4.98 Å². The normalized spacial score (nSPS) is 11.0. The van der Waals surface area contributed by atoms with Gasteiger partial charge in [0.1, 0.15) is 0 Å². The summed E-state index contributed by atoms with van der Waals surface area (Å²) in [6.07, 6.45) is 2.40. The maximum Gasteiger partial charge on any atom is 0.258 e. The summed E-state index contributed by atoms with van der Waals surface area (Å²) in [4.78, 5) is 28.7. The molecular weight excluding hydrogens is 330 g/mol. The third-order valence-electron chi connectivity index (χ3n) is 3.53. The second-order valence-electron chi connectivity index (χ2n) is 5.41. The lowest BCUT2D eigenvalue weighted by Crippen LogP contribution is -2.24. The molecule has 0 bridgehead atoms. The quantitative estimate of drug-likeness (QED) is 0.787. The molecule has 124 valence electrons. The first kappa shape index (κ1) is 16.2. The Kier molecular flexibility index (Phi) is 4.35. The lowest BCUT2D eigenvalue weighted by Gasteiger charge is -2.05. The Bertz CT molecular complexity index is 959. The van der Waals surface area contributed by atoms with E-state index in [9.17, 15) is 9.59 Å². The molecule has 1 aromatic carbocycles. The van der Waals surface area contributed by atoms with E-state index < -0.39 is 0 Å². The molecule has 3 aromatic rings. The van der Waals surface area contributed by atoms with Gasteiger partial charge >= 0.3 is 0 Å². The van der Waals surface area contributed by atoms with Gasteiger partial charge in [0.05, 0.1) is 0 Å². The van der Waals surface area contributed by atoms with Gasteiger partial charge in [0.2, 0.25) is 5.78 Å². The van der Waals surface area contributed by atoms with Gasteiger partial charge in [-0.3, -0.25) is 19.5 Å². The van der Waals surface area contributed by atoms with Gasteiger partial charge in [-0.05, 0) is 37.6 Å². The van der Waals surface area contributed by atoms with E-state index in [-0.39, 0.29) is 17.4 Å². The number of halogens is 1. The summed E-state index contributed by atoms with van der Waals surface area (Å²) >= 11 is 5.81. The van der Waals surface area contributed by atoms with Gasteiger partial charge in [-0.1, -0.05) is 18.5 Å². The van der Waals surface area contributed by atoms with E-state index in [1.165, 1.54) is 4.52 Å². The standard InChI is InChI=1S/C16H16ClN5O2/c1-3-8-21-14(24)10(2)9-22-16(21)19-15(20-22)18-13(23)11-4-6-12(17)7-5-11/h4-7,9H,3,8H2,1-2H3,(H,18,20,23). The molecule has 0 radical (unpaired) electrons. The van der Waals surface area contributed by atoms with Crippen molar-refractivity contribution in [1.29, 1.82) is 0 Å². The fourth-order valence-electron chi connectivity index (χ4n) is 2.38. The molecule has 3 rings (SSSR count). The lowest BCUT2D eigenvalue weighted by molar-refractivity contribution is 0.102. The molecule has 1 amide bonds. The SMILES string of the molecule is CCCn1c(=O)c(C)cn2nc(NC(=O)c3ccc(Cl)cc3)nc12. The number of rotatable bonds is 4. The summed E-state index contributed by atoms with van der Waals surface area (Å²) in [6.45, 7) is 4.24. The van der Waals surface area contributed by atoms with Crippen LogP contribution in [0.15, 0.2) is 35.3 Å². The minimum absolute atomic E-state index is 0.104. The minimum Gasteiger partial charge on any atom is -0.289 e. The molecule has 0 unspecified atom stereocenters. The summed E-state index contributed by atoms with van der Waals surface area (Å²) < 4.78 is 3.06. The molecule has 2 heterocycles. The number of benzene rings is 1. The van der Waals surface area contributed by atoms with Crippen molar-refractivity contribution in [3.63, 3.8) is 0 Å². The van der Waals surface area contributed by atoms with Crippen molar-refractivity contribution < 1.29 is 4.79 Å². The Morgan fingerprint density at radius 3 is 2.67 bits per heavy atom. The molecule has 2 aromatic heterocycles. The van der Waals surface area contributed by atoms with Crippen LogP contribution < -0.4 is 10.9 Å². The molecule has 0 spiro atoms. The number of carbonyl (C=O) groups is 1. The number of fused-ring (bicyclic) bond motifs is 1. The zero-order valence-corrected chi connectivity index (χ0v) is 14.0. The zero-order chi connectivity index (χ0) is 17.3. The Morgan fingerprint density at radius 2 is 2.00 bits per heavy atom. The molecule has 0 aliphatic carbocycles. The average molecular weight is 346 g/mol. The van der Waals surface area contributed by atoms with E-state index >= 15 is 0 Å². The summed E-state index contributed by atoms with van der Waals surface area (Å²) in [7, 11) is 0. The highest BCUT2D eigenvalue weighted by atomic mass is 35.5. The minimum atomic E-state index is -0.344. The Labute approximate surface area is 142 Å². The molecule has 7 nitrogen and oxygen atoms in total. The third-order valence-corrected chi connectivity index (χ3v) is 3.78. The smallest absolute Gasteiger partial charge is 0.258 e. The number of hydrogen-bond donors (Lipinski definition) is 1. The van der Waals surface area contributed by atoms with Crippen LogP contribution in [0, 0.1) is 6.92 Å². The van der Waals surface area contributed by atoms with Crippen LogP contribution >= 0.6 is 11.6 Å². The number of nitrogens with one attached hydrogen (secondary N) is 1. The fraction of sp³-hybridized carbons (Fsp3) is 0.250. The van der Waals surface area contributed by atoms with Gasteiger partial charge in [-0.25, -0.2) is 4.52 Å². The molecule has 0 atom stereocenters. The predicted octanol–water partition coefficient (Wildman–Crippen LogP) is 2.52. The fourth-order valence-corrected chi connectivity index (χ4v) is 2.51. The first-order chi connectivity index (χ1) is 11.5. The highest BCUT2D eigenvalue weighted by molar-refractivity contribution is 6.30. The number of amides is 1. The van der Waals surface area contributed by atoms with Gasteiger partial charge in [0, 0.05) is 28.9 Å². The first-order valence-corrected chi connectivity index (χ1v) is 7.91. The van der Waals surface area contributed by atoms with Crippen LogP contribution in [0.4, 0.5) is 5.95 Å². The molecule has 0 saturated heterocycles. The van der Waals surface area contributed by atoms with Crippen molar-refractivity contribution in [2.24, 2.45) is 0 Å². The van der Waals surface area contributed by atoms with Crippen LogP contribution in [0.5, 0.6) is 0 Å². The number of aryl methyl sites for hydroxylation is 2. The van der Waals surface area contributed by atoms with Crippen LogP contribution in [0.25, 0.3) is 5.78 Å². The number of anilines is 1. The van der Waals surface area contributed by atoms with Crippen molar-refractivity contribution in [3.8, 4) is 0 Å². The average Bonchev–Trinajstić information content (AvgIpc) is 2.94. The zero-order valence-electron chi connectivity index (χ0n) is 13.3. The highest BCUT2D eigenvalue weighted by Gasteiger charge is 2.14. The van der Waals surface area contributed by atoms with E-state index in [1.807, 2.05) is 6.92 Å². The van der Waals surface area contributed by atoms with Crippen LogP contribution in [0.2, 0.25) is 5.02 Å². The summed E-state index contributed by atoms with van der Waals surface area (Å²) in [5.74, 6) is 0.201. The number of aromatic nitrogens is 4. The molecule has 0 fully saturated rings. The molecule has 1 N–H and O–H groups in total. The molecule has 8 heteroatoms. The van der Waals surface area contributed by atoms with Gasteiger partial charge < -0.3 is 0 Å². The van der Waals surface area contributed by atoms with E-state index in [4.69, 9.17) is 11.6 Å². The van der Waals surface area contributed by atoms with E-state index in [0.29, 0.717) is 28.5 Å². The van der Waals surface area contributed by atoms with Crippen molar-refractivity contribution >= 4 is 29.2 Å². The summed E-state index contributed by atoms with van der Waals surface area (Å²) in [5.41, 5.74) is 0.907. The number of carbonyl (C=O) groups excluding carboxylic acids is 1. The molecule has 0 saturated carbocycles. The van der Waals surface area contributed by atoms with E-state index in [0.717, 1.165) is 6.42 Å². The number of hydrogen-bond acceptors (Lipinski definition) is 4. The number of nitrogens with zero attached hydrogens (tertiary/aromatic N) is 4. The van der Waals surface area contributed by atoms with Crippen LogP contribution in [0.3, 0.4) is 0 Å². The van der Waals surface area contributed by atoms with Crippen molar-refractivity contribution in [2.45, 2.75) is 26.8 Å². The molecule has 0 aliphatic rings. The molecule has 0 aliphatic heterocycles. The topological polar surface area (TPSA) is 81.3 Å². The summed E-state index contributed by atoms with van der Waals surface area (Å²) in [5, 5.41) is 7.42. The molecule has 24 heavy (non-hydrogen) atoms. The Balaban J connectivity index is 1.96. The van der Waals surface area contributed by atoms with Gasteiger partial charge in [0.15, 0.2) is 0 Å². The van der Waals surface area contributed by atoms with Crippen molar-refractivity contribution in [1.82, 2.24) is 19.2 Å². The third kappa shape index (κ3) is 3.03. The van der Waals surface area contributed by atoms with E-state index in [2.05, 4.69) is 15.4 Å². The second kappa shape index (κ2) is 6.45.